The van der Waals surface area contributed by atoms with Gasteiger partial charge in [0, 0.05) is 6.42 Å². The Balaban J connectivity index is 1.85. The summed E-state index contributed by atoms with van der Waals surface area (Å²) in [7, 11) is 0. The molecule has 102 valence electrons. The van der Waals surface area contributed by atoms with Crippen molar-refractivity contribution in [2.24, 2.45) is 23.7 Å². The Bertz CT molecular complexity index is 468. The number of esters is 4. The first-order valence-corrected chi connectivity index (χ1v) is 6.56. The van der Waals surface area contributed by atoms with Crippen molar-refractivity contribution in [2.75, 3.05) is 0 Å². The van der Waals surface area contributed by atoms with Gasteiger partial charge in [-0.25, -0.2) is 0 Å². The number of hydrogen-bond acceptors (Lipinski definition) is 6. The molecule has 3 aliphatic rings. The van der Waals surface area contributed by atoms with Gasteiger partial charge in [0.25, 0.3) is 0 Å². The fourth-order valence-electron chi connectivity index (χ4n) is 3.42. The number of ether oxygens (including phenoxy) is 2. The molecular formula is C13H14O6. The Kier molecular flexibility index (Phi) is 2.88. The molecule has 0 aromatic carbocycles. The summed E-state index contributed by atoms with van der Waals surface area (Å²) in [4.78, 5) is 46.3. The van der Waals surface area contributed by atoms with E-state index in [4.69, 9.17) is 0 Å². The minimum absolute atomic E-state index is 0.140. The monoisotopic (exact) mass is 266 g/mol. The van der Waals surface area contributed by atoms with E-state index in [-0.39, 0.29) is 18.3 Å². The molecule has 4 unspecified atom stereocenters. The highest BCUT2D eigenvalue weighted by Gasteiger charge is 2.49. The Morgan fingerprint density at radius 1 is 0.789 bits per heavy atom. The van der Waals surface area contributed by atoms with E-state index in [0.717, 1.165) is 0 Å². The van der Waals surface area contributed by atoms with Gasteiger partial charge in [0.15, 0.2) is 0 Å². The average Bonchev–Trinajstić information content (AvgIpc) is 2.54. The summed E-state index contributed by atoms with van der Waals surface area (Å²) in [6.07, 6.45) is 2.32. The molecule has 6 heteroatoms. The zero-order valence-electron chi connectivity index (χ0n) is 10.3. The zero-order chi connectivity index (χ0) is 13.6. The molecular weight excluding hydrogens is 252 g/mol. The van der Waals surface area contributed by atoms with Gasteiger partial charge in [-0.05, 0) is 25.2 Å². The van der Waals surface area contributed by atoms with Crippen molar-refractivity contribution in [3.63, 3.8) is 0 Å². The maximum atomic E-state index is 11.7. The molecule has 2 heterocycles. The van der Waals surface area contributed by atoms with E-state index in [1.165, 1.54) is 0 Å². The molecule has 19 heavy (non-hydrogen) atoms. The summed E-state index contributed by atoms with van der Waals surface area (Å²) >= 11 is 0. The van der Waals surface area contributed by atoms with Crippen LogP contribution in [0.4, 0.5) is 0 Å². The molecule has 0 aromatic rings. The molecule has 1 saturated carbocycles. The van der Waals surface area contributed by atoms with Crippen LogP contribution in [0.5, 0.6) is 0 Å². The maximum Gasteiger partial charge on any atom is 0.317 e. The predicted octanol–water partition coefficient (Wildman–Crippen LogP) is 0.582. The zero-order valence-corrected chi connectivity index (χ0v) is 10.3. The van der Waals surface area contributed by atoms with E-state index in [1.54, 1.807) is 0 Å². The van der Waals surface area contributed by atoms with Gasteiger partial charge in [-0.15, -0.1) is 0 Å². The average molecular weight is 266 g/mol. The Labute approximate surface area is 109 Å². The van der Waals surface area contributed by atoms with Crippen LogP contribution in [0.2, 0.25) is 0 Å². The fourth-order valence-corrected chi connectivity index (χ4v) is 3.42. The summed E-state index contributed by atoms with van der Waals surface area (Å²) in [6, 6.07) is 0. The smallest absolute Gasteiger partial charge is 0.317 e. The van der Waals surface area contributed by atoms with E-state index < -0.39 is 35.7 Å². The van der Waals surface area contributed by atoms with Crippen molar-refractivity contribution in [1.82, 2.24) is 0 Å². The van der Waals surface area contributed by atoms with Gasteiger partial charge in [-0.1, -0.05) is 6.42 Å². The van der Waals surface area contributed by atoms with E-state index >= 15 is 0 Å². The molecule has 0 aromatic heterocycles. The lowest BCUT2D eigenvalue weighted by Crippen LogP contribution is -2.39. The van der Waals surface area contributed by atoms with E-state index in [2.05, 4.69) is 9.47 Å². The van der Waals surface area contributed by atoms with Crippen LogP contribution in [0.1, 0.15) is 32.1 Å². The summed E-state index contributed by atoms with van der Waals surface area (Å²) in [6.45, 7) is 0. The lowest BCUT2D eigenvalue weighted by molar-refractivity contribution is -0.172. The van der Waals surface area contributed by atoms with Crippen LogP contribution in [-0.4, -0.2) is 23.9 Å². The van der Waals surface area contributed by atoms with Crippen LogP contribution in [-0.2, 0) is 28.7 Å². The second kappa shape index (κ2) is 4.43. The van der Waals surface area contributed by atoms with E-state index in [1.807, 2.05) is 0 Å². The highest BCUT2D eigenvalue weighted by Crippen LogP contribution is 2.42. The summed E-state index contributed by atoms with van der Waals surface area (Å²) in [5.41, 5.74) is 0. The minimum atomic E-state index is -0.541. The van der Waals surface area contributed by atoms with Crippen LogP contribution >= 0.6 is 0 Å². The Hall–Kier alpha value is -1.72. The summed E-state index contributed by atoms with van der Waals surface area (Å²) < 4.78 is 9.32. The van der Waals surface area contributed by atoms with Crippen molar-refractivity contribution in [3.8, 4) is 0 Å². The second-order valence-electron chi connectivity index (χ2n) is 5.48. The van der Waals surface area contributed by atoms with Gasteiger partial charge >= 0.3 is 23.9 Å². The molecule has 3 rings (SSSR count). The van der Waals surface area contributed by atoms with Gasteiger partial charge in [0.1, 0.15) is 0 Å². The van der Waals surface area contributed by atoms with E-state index in [9.17, 15) is 19.2 Å². The van der Waals surface area contributed by atoms with Crippen LogP contribution in [0.3, 0.4) is 0 Å². The van der Waals surface area contributed by atoms with Crippen LogP contribution < -0.4 is 0 Å². The molecule has 2 aliphatic heterocycles. The summed E-state index contributed by atoms with van der Waals surface area (Å²) in [5.74, 6) is -3.44. The first-order chi connectivity index (χ1) is 9.06. The molecule has 0 bridgehead atoms. The number of cyclic esters (lactones) is 4. The van der Waals surface area contributed by atoms with Gasteiger partial charge < -0.3 is 9.47 Å². The van der Waals surface area contributed by atoms with Crippen molar-refractivity contribution < 1.29 is 28.7 Å². The third-order valence-corrected chi connectivity index (χ3v) is 4.39. The van der Waals surface area contributed by atoms with Crippen LogP contribution in [0.15, 0.2) is 0 Å². The van der Waals surface area contributed by atoms with Gasteiger partial charge in [0.05, 0.1) is 17.8 Å². The number of rotatable bonds is 0. The normalized spacial score (nSPS) is 38.7. The first kappa shape index (κ1) is 12.3. The van der Waals surface area contributed by atoms with Crippen LogP contribution in [0, 0.1) is 23.7 Å². The van der Waals surface area contributed by atoms with Crippen molar-refractivity contribution in [1.29, 1.82) is 0 Å². The topological polar surface area (TPSA) is 86.7 Å². The Morgan fingerprint density at radius 3 is 2.21 bits per heavy atom. The van der Waals surface area contributed by atoms with E-state index in [0.29, 0.717) is 25.7 Å². The number of carbonyl (C=O) groups is 4. The van der Waals surface area contributed by atoms with Crippen LogP contribution in [0.25, 0.3) is 0 Å². The third-order valence-electron chi connectivity index (χ3n) is 4.39. The highest BCUT2D eigenvalue weighted by atomic mass is 16.6. The SMILES string of the molecule is O=C1CC2CC3C(=O)OC(=O)C3CCCC2C(=O)O1. The summed E-state index contributed by atoms with van der Waals surface area (Å²) in [5, 5.41) is 0. The number of carbonyl (C=O) groups excluding carboxylic acids is 4. The molecule has 0 N–H and O–H groups in total. The molecule has 3 fully saturated rings. The molecule has 4 atom stereocenters. The highest BCUT2D eigenvalue weighted by molar-refractivity contribution is 5.96. The maximum absolute atomic E-state index is 11.7. The van der Waals surface area contributed by atoms with Crippen molar-refractivity contribution in [2.45, 2.75) is 32.1 Å². The molecule has 0 radical (unpaired) electrons. The first-order valence-electron chi connectivity index (χ1n) is 6.56. The molecule has 6 nitrogen and oxygen atoms in total. The standard InChI is InChI=1S/C13H14O6/c14-10-5-6-4-9-8(12(16)19-13(9)17)3-1-2-7(6)11(15)18-10/h6-9H,1-5H2. The molecule has 2 saturated heterocycles. The van der Waals surface area contributed by atoms with Crippen molar-refractivity contribution >= 4 is 23.9 Å². The van der Waals surface area contributed by atoms with Gasteiger partial charge in [-0.3, -0.25) is 19.2 Å². The number of hydrogen-bond donors (Lipinski definition) is 0. The van der Waals surface area contributed by atoms with Gasteiger partial charge in [-0.2, -0.15) is 0 Å². The Morgan fingerprint density at radius 2 is 1.42 bits per heavy atom. The molecule has 0 spiro atoms. The lowest BCUT2D eigenvalue weighted by atomic mass is 9.72. The second-order valence-corrected chi connectivity index (χ2v) is 5.48. The fraction of sp³-hybridized carbons (Fsp3) is 0.692. The number of fused-ring (bicyclic) bond motifs is 2. The quantitative estimate of drug-likeness (QED) is 0.471. The lowest BCUT2D eigenvalue weighted by Gasteiger charge is -2.32. The van der Waals surface area contributed by atoms with Crippen molar-refractivity contribution in [3.05, 3.63) is 0 Å². The molecule has 0 amide bonds. The third kappa shape index (κ3) is 2.05. The van der Waals surface area contributed by atoms with Gasteiger partial charge in [0.2, 0.25) is 0 Å². The molecule has 1 aliphatic carbocycles. The largest absolute Gasteiger partial charge is 0.393 e. The predicted molar refractivity (Wildman–Crippen MR) is 59.2 cm³/mol. The minimum Gasteiger partial charge on any atom is -0.393 e.